The van der Waals surface area contributed by atoms with Gasteiger partial charge in [0.25, 0.3) is 0 Å². The van der Waals surface area contributed by atoms with Crippen molar-refractivity contribution < 1.29 is 9.52 Å². The number of rotatable bonds is 4. The predicted molar refractivity (Wildman–Crippen MR) is 77.5 cm³/mol. The summed E-state index contributed by atoms with van der Waals surface area (Å²) in [5, 5.41) is 21.1. The van der Waals surface area contributed by atoms with E-state index in [1.54, 1.807) is 0 Å². The number of nitrogens with one attached hydrogen (secondary N) is 1. The minimum atomic E-state index is -0.230. The Morgan fingerprint density at radius 1 is 1.35 bits per heavy atom. The molecule has 1 unspecified atom stereocenters. The highest BCUT2D eigenvalue weighted by Gasteiger charge is 2.25. The van der Waals surface area contributed by atoms with Crippen LogP contribution in [-0.4, -0.2) is 40.0 Å². The Kier molecular flexibility index (Phi) is 4.65. The molecule has 1 saturated heterocycles. The van der Waals surface area contributed by atoms with Gasteiger partial charge in [0.05, 0.1) is 12.6 Å². The van der Waals surface area contributed by atoms with Crippen LogP contribution in [0.4, 0.5) is 6.01 Å². The first kappa shape index (κ1) is 15.3. The van der Waals surface area contributed by atoms with Crippen molar-refractivity contribution in [2.75, 3.05) is 18.0 Å². The maximum Gasteiger partial charge on any atom is 0.318 e. The first-order valence-corrected chi connectivity index (χ1v) is 7.35. The molecule has 1 aromatic rings. The molecule has 6 heteroatoms. The lowest BCUT2D eigenvalue weighted by molar-refractivity contribution is 0.109. The van der Waals surface area contributed by atoms with Gasteiger partial charge in [0.2, 0.25) is 5.89 Å². The normalized spacial score (nSPS) is 19.4. The van der Waals surface area contributed by atoms with Crippen molar-refractivity contribution in [1.82, 2.24) is 15.5 Å². The van der Waals surface area contributed by atoms with Crippen LogP contribution >= 0.6 is 0 Å². The van der Waals surface area contributed by atoms with E-state index in [4.69, 9.17) is 4.42 Å². The largest absolute Gasteiger partial charge is 0.407 e. The highest BCUT2D eigenvalue weighted by Crippen LogP contribution is 2.24. The molecule has 2 N–H and O–H groups in total. The number of aromatic nitrogens is 2. The van der Waals surface area contributed by atoms with E-state index in [2.05, 4.69) is 41.2 Å². The summed E-state index contributed by atoms with van der Waals surface area (Å²) < 4.78 is 5.69. The molecule has 1 fully saturated rings. The summed E-state index contributed by atoms with van der Waals surface area (Å²) in [5.74, 6) is 1.00. The SMILES string of the molecule is CC(O)C1CCN(c2nnc(CNC(C)(C)C)o2)CC1. The second kappa shape index (κ2) is 6.10. The predicted octanol–water partition coefficient (Wildman–Crippen LogP) is 1.55. The standard InChI is InChI=1S/C14H26N4O2/c1-10(19)11-5-7-18(8-6-11)13-17-16-12(20-13)9-15-14(2,3)4/h10-11,15,19H,5-9H2,1-4H3. The third-order valence-corrected chi connectivity index (χ3v) is 3.72. The third-order valence-electron chi connectivity index (χ3n) is 3.72. The van der Waals surface area contributed by atoms with E-state index in [0.717, 1.165) is 25.9 Å². The molecule has 0 aromatic carbocycles. The topological polar surface area (TPSA) is 74.4 Å². The molecular formula is C14H26N4O2. The van der Waals surface area contributed by atoms with Crippen molar-refractivity contribution in [1.29, 1.82) is 0 Å². The van der Waals surface area contributed by atoms with Gasteiger partial charge in [0.1, 0.15) is 0 Å². The fourth-order valence-corrected chi connectivity index (χ4v) is 2.36. The number of nitrogens with zero attached hydrogens (tertiary/aromatic N) is 3. The Balaban J connectivity index is 1.87. The maximum absolute atomic E-state index is 9.61. The zero-order valence-electron chi connectivity index (χ0n) is 12.9. The number of hydrogen-bond acceptors (Lipinski definition) is 6. The van der Waals surface area contributed by atoms with Crippen LogP contribution in [0.3, 0.4) is 0 Å². The molecule has 2 heterocycles. The van der Waals surface area contributed by atoms with E-state index >= 15 is 0 Å². The van der Waals surface area contributed by atoms with Crippen LogP contribution in [-0.2, 0) is 6.54 Å². The number of aliphatic hydroxyl groups is 1. The van der Waals surface area contributed by atoms with Gasteiger partial charge in [-0.25, -0.2) is 0 Å². The fraction of sp³-hybridized carbons (Fsp3) is 0.857. The molecule has 0 aliphatic carbocycles. The van der Waals surface area contributed by atoms with Crippen LogP contribution in [0, 0.1) is 5.92 Å². The van der Waals surface area contributed by atoms with Crippen LogP contribution in [0.5, 0.6) is 0 Å². The van der Waals surface area contributed by atoms with Crippen LogP contribution in [0.2, 0.25) is 0 Å². The number of hydrogen-bond donors (Lipinski definition) is 2. The Morgan fingerprint density at radius 2 is 2.00 bits per heavy atom. The smallest absolute Gasteiger partial charge is 0.318 e. The molecule has 0 radical (unpaired) electrons. The summed E-state index contributed by atoms with van der Waals surface area (Å²) in [6, 6.07) is 0.597. The molecule has 114 valence electrons. The van der Waals surface area contributed by atoms with Gasteiger partial charge in [0, 0.05) is 18.6 Å². The van der Waals surface area contributed by atoms with Gasteiger partial charge in [-0.3, -0.25) is 0 Å². The summed E-state index contributed by atoms with van der Waals surface area (Å²) in [7, 11) is 0. The average Bonchev–Trinajstić information content (AvgIpc) is 2.84. The Hall–Kier alpha value is -1.14. The molecule has 0 bridgehead atoms. The quantitative estimate of drug-likeness (QED) is 0.873. The van der Waals surface area contributed by atoms with E-state index in [1.165, 1.54) is 0 Å². The minimum absolute atomic E-state index is 0.0320. The van der Waals surface area contributed by atoms with Crippen molar-refractivity contribution in [3.05, 3.63) is 5.89 Å². The minimum Gasteiger partial charge on any atom is -0.407 e. The molecular weight excluding hydrogens is 256 g/mol. The lowest BCUT2D eigenvalue weighted by Crippen LogP contribution is -2.37. The zero-order valence-corrected chi connectivity index (χ0v) is 12.9. The van der Waals surface area contributed by atoms with Crippen LogP contribution in [0.1, 0.15) is 46.4 Å². The van der Waals surface area contributed by atoms with E-state index in [1.807, 2.05) is 6.92 Å². The molecule has 1 aliphatic heterocycles. The van der Waals surface area contributed by atoms with Gasteiger partial charge in [-0.15, -0.1) is 5.10 Å². The van der Waals surface area contributed by atoms with E-state index in [0.29, 0.717) is 24.4 Å². The Bertz CT molecular complexity index is 417. The van der Waals surface area contributed by atoms with Crippen LogP contribution in [0.25, 0.3) is 0 Å². The molecule has 0 saturated carbocycles. The fourth-order valence-electron chi connectivity index (χ4n) is 2.36. The lowest BCUT2D eigenvalue weighted by Gasteiger charge is -2.31. The summed E-state index contributed by atoms with van der Waals surface area (Å²) in [6.45, 7) is 10.5. The summed E-state index contributed by atoms with van der Waals surface area (Å²) in [5.41, 5.74) is 0.0320. The molecule has 6 nitrogen and oxygen atoms in total. The van der Waals surface area contributed by atoms with E-state index in [9.17, 15) is 5.11 Å². The lowest BCUT2D eigenvalue weighted by atomic mass is 9.92. The highest BCUT2D eigenvalue weighted by atomic mass is 16.4. The average molecular weight is 282 g/mol. The van der Waals surface area contributed by atoms with Crippen molar-refractivity contribution in [3.63, 3.8) is 0 Å². The second-order valence-electron chi connectivity index (χ2n) is 6.65. The maximum atomic E-state index is 9.61. The molecule has 1 aliphatic rings. The summed E-state index contributed by atoms with van der Waals surface area (Å²) in [4.78, 5) is 2.10. The van der Waals surface area contributed by atoms with Gasteiger partial charge in [-0.1, -0.05) is 5.10 Å². The van der Waals surface area contributed by atoms with E-state index in [-0.39, 0.29) is 11.6 Å². The first-order valence-electron chi connectivity index (χ1n) is 7.35. The molecule has 2 rings (SSSR count). The zero-order chi connectivity index (χ0) is 14.8. The molecule has 1 atom stereocenters. The number of aliphatic hydroxyl groups excluding tert-OH is 1. The van der Waals surface area contributed by atoms with Crippen molar-refractivity contribution in [2.24, 2.45) is 5.92 Å². The number of anilines is 1. The third kappa shape index (κ3) is 4.18. The van der Waals surface area contributed by atoms with Gasteiger partial charge in [0.15, 0.2) is 0 Å². The highest BCUT2D eigenvalue weighted by molar-refractivity contribution is 5.24. The first-order chi connectivity index (χ1) is 9.35. The Labute approximate surface area is 120 Å². The van der Waals surface area contributed by atoms with Crippen molar-refractivity contribution in [2.45, 2.75) is 58.7 Å². The second-order valence-corrected chi connectivity index (χ2v) is 6.65. The molecule has 20 heavy (non-hydrogen) atoms. The van der Waals surface area contributed by atoms with Crippen molar-refractivity contribution >= 4 is 6.01 Å². The van der Waals surface area contributed by atoms with Gasteiger partial charge < -0.3 is 19.7 Å². The number of piperidine rings is 1. The van der Waals surface area contributed by atoms with Gasteiger partial charge in [-0.05, 0) is 46.5 Å². The monoisotopic (exact) mass is 282 g/mol. The summed E-state index contributed by atoms with van der Waals surface area (Å²) in [6.07, 6.45) is 1.71. The molecule has 0 amide bonds. The van der Waals surface area contributed by atoms with Crippen LogP contribution in [0.15, 0.2) is 4.42 Å². The summed E-state index contributed by atoms with van der Waals surface area (Å²) >= 11 is 0. The van der Waals surface area contributed by atoms with Crippen molar-refractivity contribution in [3.8, 4) is 0 Å². The van der Waals surface area contributed by atoms with Gasteiger partial charge >= 0.3 is 6.01 Å². The molecule has 1 aromatic heterocycles. The van der Waals surface area contributed by atoms with Crippen LogP contribution < -0.4 is 10.2 Å². The van der Waals surface area contributed by atoms with E-state index < -0.39 is 0 Å². The van der Waals surface area contributed by atoms with Gasteiger partial charge in [-0.2, -0.15) is 0 Å². The Morgan fingerprint density at radius 3 is 2.55 bits per heavy atom. The molecule has 0 spiro atoms.